The maximum Gasteiger partial charge on any atom is 0.126 e. The van der Waals surface area contributed by atoms with Gasteiger partial charge in [-0.1, -0.05) is 18.2 Å². The molecule has 1 N–H and O–H groups in total. The largest absolute Gasteiger partial charge is 0.497 e. The van der Waals surface area contributed by atoms with Crippen LogP contribution in [0, 0.1) is 19.7 Å². The van der Waals surface area contributed by atoms with Crippen molar-refractivity contribution in [3.8, 4) is 5.75 Å². The first-order valence-electron chi connectivity index (χ1n) is 6.64. The molecule has 2 rings (SSSR count). The van der Waals surface area contributed by atoms with Gasteiger partial charge in [-0.05, 0) is 61.3 Å². The molecule has 0 bridgehead atoms. The van der Waals surface area contributed by atoms with Gasteiger partial charge in [0.25, 0.3) is 0 Å². The van der Waals surface area contributed by atoms with Gasteiger partial charge in [-0.15, -0.1) is 0 Å². The summed E-state index contributed by atoms with van der Waals surface area (Å²) < 4.78 is 19.0. The van der Waals surface area contributed by atoms with E-state index >= 15 is 0 Å². The molecule has 1 atom stereocenters. The van der Waals surface area contributed by atoms with Gasteiger partial charge in [-0.2, -0.15) is 0 Å². The molecule has 2 aromatic carbocycles. The Hall–Kier alpha value is -1.87. The first kappa shape index (κ1) is 14.5. The molecule has 0 spiro atoms. The Balaban J connectivity index is 2.43. The Kier molecular flexibility index (Phi) is 4.40. The lowest BCUT2D eigenvalue weighted by molar-refractivity contribution is 0.414. The van der Waals surface area contributed by atoms with Crippen molar-refractivity contribution in [2.45, 2.75) is 19.9 Å². The summed E-state index contributed by atoms with van der Waals surface area (Å²) in [5.41, 5.74) is 3.82. The number of ether oxygens (including phenoxy) is 1. The SMILES string of the molecule is CNC(c1ccc(C)c(F)c1)c1ccc(OC)cc1C. The van der Waals surface area contributed by atoms with Gasteiger partial charge in [0.05, 0.1) is 13.2 Å². The zero-order valence-electron chi connectivity index (χ0n) is 12.3. The van der Waals surface area contributed by atoms with Crippen molar-refractivity contribution >= 4 is 0 Å². The van der Waals surface area contributed by atoms with Gasteiger partial charge in [0.1, 0.15) is 11.6 Å². The summed E-state index contributed by atoms with van der Waals surface area (Å²) in [7, 11) is 3.53. The summed E-state index contributed by atoms with van der Waals surface area (Å²) in [5.74, 6) is 0.658. The maximum atomic E-state index is 13.8. The molecule has 2 nitrogen and oxygen atoms in total. The van der Waals surface area contributed by atoms with Crippen molar-refractivity contribution in [3.63, 3.8) is 0 Å². The molecule has 0 fully saturated rings. The number of hydrogen-bond acceptors (Lipinski definition) is 2. The molecule has 0 aliphatic heterocycles. The van der Waals surface area contributed by atoms with Crippen LogP contribution in [0.15, 0.2) is 36.4 Å². The van der Waals surface area contributed by atoms with E-state index in [9.17, 15) is 4.39 Å². The van der Waals surface area contributed by atoms with Crippen LogP contribution in [0.5, 0.6) is 5.75 Å². The highest BCUT2D eigenvalue weighted by Gasteiger charge is 2.15. The lowest BCUT2D eigenvalue weighted by Crippen LogP contribution is -2.19. The van der Waals surface area contributed by atoms with Gasteiger partial charge in [-0.3, -0.25) is 0 Å². The number of rotatable bonds is 4. The lowest BCUT2D eigenvalue weighted by atomic mass is 9.94. The van der Waals surface area contributed by atoms with Gasteiger partial charge in [0.15, 0.2) is 0 Å². The van der Waals surface area contributed by atoms with Crippen molar-refractivity contribution in [2.75, 3.05) is 14.2 Å². The van der Waals surface area contributed by atoms with E-state index in [-0.39, 0.29) is 11.9 Å². The smallest absolute Gasteiger partial charge is 0.126 e. The molecule has 0 saturated carbocycles. The number of hydrogen-bond donors (Lipinski definition) is 1. The van der Waals surface area contributed by atoms with E-state index in [2.05, 4.69) is 5.32 Å². The third-order valence-electron chi connectivity index (χ3n) is 3.61. The second kappa shape index (κ2) is 6.06. The molecule has 0 radical (unpaired) electrons. The first-order chi connectivity index (χ1) is 9.56. The number of benzene rings is 2. The van der Waals surface area contributed by atoms with E-state index in [0.717, 1.165) is 22.4 Å². The zero-order chi connectivity index (χ0) is 14.7. The molecular weight excluding hydrogens is 253 g/mol. The van der Waals surface area contributed by atoms with Gasteiger partial charge in [-0.25, -0.2) is 4.39 Å². The molecule has 0 aliphatic rings. The highest BCUT2D eigenvalue weighted by molar-refractivity contribution is 5.41. The van der Waals surface area contributed by atoms with Gasteiger partial charge in [0, 0.05) is 0 Å². The number of halogens is 1. The van der Waals surface area contributed by atoms with Crippen LogP contribution in [-0.2, 0) is 0 Å². The summed E-state index contributed by atoms with van der Waals surface area (Å²) in [6.45, 7) is 3.80. The minimum Gasteiger partial charge on any atom is -0.497 e. The third kappa shape index (κ3) is 2.83. The van der Waals surface area contributed by atoms with Crippen LogP contribution in [0.3, 0.4) is 0 Å². The van der Waals surface area contributed by atoms with Gasteiger partial charge in [0.2, 0.25) is 0 Å². The topological polar surface area (TPSA) is 21.3 Å². The van der Waals surface area contributed by atoms with Crippen molar-refractivity contribution in [3.05, 3.63) is 64.5 Å². The van der Waals surface area contributed by atoms with Crippen molar-refractivity contribution in [1.29, 1.82) is 0 Å². The Labute approximate surface area is 119 Å². The minimum atomic E-state index is -0.172. The highest BCUT2D eigenvalue weighted by atomic mass is 19.1. The standard InChI is InChI=1S/C17H20FNO/c1-11-5-6-13(10-16(11)18)17(19-3)15-8-7-14(20-4)9-12(15)2/h5-10,17,19H,1-4H3. The van der Waals surface area contributed by atoms with E-state index in [1.165, 1.54) is 0 Å². The molecule has 0 amide bonds. The second-order valence-corrected chi connectivity index (χ2v) is 4.95. The summed E-state index contributed by atoms with van der Waals surface area (Å²) in [6.07, 6.45) is 0. The zero-order valence-corrected chi connectivity index (χ0v) is 12.3. The number of nitrogens with one attached hydrogen (secondary N) is 1. The van der Waals surface area contributed by atoms with Crippen molar-refractivity contribution < 1.29 is 9.13 Å². The molecule has 106 valence electrons. The molecule has 0 saturated heterocycles. The fourth-order valence-corrected chi connectivity index (χ4v) is 2.39. The predicted octanol–water partition coefficient (Wildman–Crippen LogP) is 3.76. The predicted molar refractivity (Wildman–Crippen MR) is 79.8 cm³/mol. The normalized spacial score (nSPS) is 12.2. The van der Waals surface area contributed by atoms with Gasteiger partial charge < -0.3 is 10.1 Å². The van der Waals surface area contributed by atoms with E-state index in [1.54, 1.807) is 20.1 Å². The van der Waals surface area contributed by atoms with Crippen LogP contribution < -0.4 is 10.1 Å². The van der Waals surface area contributed by atoms with Crippen LogP contribution in [0.2, 0.25) is 0 Å². The van der Waals surface area contributed by atoms with Crippen LogP contribution in [0.4, 0.5) is 4.39 Å². The molecule has 0 aromatic heterocycles. The average molecular weight is 273 g/mol. The summed E-state index contributed by atoms with van der Waals surface area (Å²) >= 11 is 0. The minimum absolute atomic E-state index is 0.0315. The van der Waals surface area contributed by atoms with E-state index in [0.29, 0.717) is 5.56 Å². The van der Waals surface area contributed by atoms with E-state index < -0.39 is 0 Å². The third-order valence-corrected chi connectivity index (χ3v) is 3.61. The monoisotopic (exact) mass is 273 g/mol. The number of aryl methyl sites for hydroxylation is 2. The first-order valence-corrected chi connectivity index (χ1v) is 6.64. The van der Waals surface area contributed by atoms with Crippen molar-refractivity contribution in [1.82, 2.24) is 5.32 Å². The number of methoxy groups -OCH3 is 1. The highest BCUT2D eigenvalue weighted by Crippen LogP contribution is 2.28. The molecule has 3 heteroatoms. The van der Waals surface area contributed by atoms with E-state index in [4.69, 9.17) is 4.74 Å². The van der Waals surface area contributed by atoms with Crippen LogP contribution in [-0.4, -0.2) is 14.2 Å². The van der Waals surface area contributed by atoms with E-state index in [1.807, 2.05) is 44.3 Å². The van der Waals surface area contributed by atoms with Crippen LogP contribution in [0.1, 0.15) is 28.3 Å². The molecule has 2 aromatic rings. The van der Waals surface area contributed by atoms with Gasteiger partial charge >= 0.3 is 0 Å². The Morgan fingerprint density at radius 2 is 1.80 bits per heavy atom. The molecular formula is C17H20FNO. The van der Waals surface area contributed by atoms with Crippen LogP contribution in [0.25, 0.3) is 0 Å². The fraction of sp³-hybridized carbons (Fsp3) is 0.294. The average Bonchev–Trinajstić information content (AvgIpc) is 2.45. The quantitative estimate of drug-likeness (QED) is 0.915. The summed E-state index contributed by atoms with van der Waals surface area (Å²) in [4.78, 5) is 0. The molecule has 0 heterocycles. The Morgan fingerprint density at radius 1 is 1.05 bits per heavy atom. The fourth-order valence-electron chi connectivity index (χ4n) is 2.39. The Bertz CT molecular complexity index is 610. The summed E-state index contributed by atoms with van der Waals surface area (Å²) in [6, 6.07) is 11.3. The summed E-state index contributed by atoms with van der Waals surface area (Å²) in [5, 5.41) is 3.25. The molecule has 20 heavy (non-hydrogen) atoms. The Morgan fingerprint density at radius 3 is 2.35 bits per heavy atom. The second-order valence-electron chi connectivity index (χ2n) is 4.95. The maximum absolute atomic E-state index is 13.8. The van der Waals surface area contributed by atoms with Crippen LogP contribution >= 0.6 is 0 Å². The molecule has 1 unspecified atom stereocenters. The molecule has 0 aliphatic carbocycles. The van der Waals surface area contributed by atoms with Crippen molar-refractivity contribution in [2.24, 2.45) is 0 Å². The lowest BCUT2D eigenvalue weighted by Gasteiger charge is -2.20.